The lowest BCUT2D eigenvalue weighted by Gasteiger charge is -2.11. The van der Waals surface area contributed by atoms with E-state index < -0.39 is 6.61 Å². The minimum atomic E-state index is -2.82. The summed E-state index contributed by atoms with van der Waals surface area (Å²) in [6, 6.07) is 6.20. The average Bonchev–Trinajstić information content (AvgIpc) is 2.43. The van der Waals surface area contributed by atoms with E-state index in [2.05, 4.69) is 25.3 Å². The highest BCUT2D eigenvalue weighted by Gasteiger charge is 2.07. The molecular formula is C13H14F2N4O. The number of alkyl halides is 2. The van der Waals surface area contributed by atoms with Crippen molar-refractivity contribution in [2.45, 2.75) is 13.5 Å². The van der Waals surface area contributed by atoms with Crippen LogP contribution in [-0.2, 0) is 0 Å². The first kappa shape index (κ1) is 14.0. The number of aromatic nitrogens is 2. The summed E-state index contributed by atoms with van der Waals surface area (Å²) in [5.41, 5.74) is 1.58. The van der Waals surface area contributed by atoms with Crippen LogP contribution < -0.4 is 15.4 Å². The second kappa shape index (κ2) is 6.14. The van der Waals surface area contributed by atoms with E-state index in [1.807, 2.05) is 6.92 Å². The quantitative estimate of drug-likeness (QED) is 0.881. The van der Waals surface area contributed by atoms with Gasteiger partial charge in [-0.3, -0.25) is 0 Å². The summed E-state index contributed by atoms with van der Waals surface area (Å²) < 4.78 is 28.4. The van der Waals surface area contributed by atoms with E-state index in [9.17, 15) is 8.78 Å². The Balaban J connectivity index is 2.14. The standard InChI is InChI=1S/C13H14F2N4O/c1-8-11(16-2)17-7-18-12(8)19-9-3-5-10(6-4-9)20-13(14)15/h3-7,13H,1-2H3,(H2,16,17,18,19). The number of ether oxygens (including phenoxy) is 1. The molecule has 0 bridgehead atoms. The van der Waals surface area contributed by atoms with Crippen molar-refractivity contribution in [3.05, 3.63) is 36.2 Å². The molecule has 20 heavy (non-hydrogen) atoms. The second-order valence-corrected chi connectivity index (χ2v) is 3.97. The zero-order valence-electron chi connectivity index (χ0n) is 11.0. The first-order valence-electron chi connectivity index (χ1n) is 5.91. The van der Waals surface area contributed by atoms with Crippen LogP contribution in [0, 0.1) is 6.92 Å². The highest BCUT2D eigenvalue weighted by molar-refractivity contribution is 5.64. The third kappa shape index (κ3) is 3.31. The van der Waals surface area contributed by atoms with Crippen LogP contribution >= 0.6 is 0 Å². The van der Waals surface area contributed by atoms with Gasteiger partial charge in [0.2, 0.25) is 0 Å². The van der Waals surface area contributed by atoms with Gasteiger partial charge in [0.1, 0.15) is 23.7 Å². The molecule has 0 fully saturated rings. The van der Waals surface area contributed by atoms with Gasteiger partial charge in [0.05, 0.1) is 0 Å². The van der Waals surface area contributed by atoms with E-state index >= 15 is 0 Å². The van der Waals surface area contributed by atoms with E-state index in [0.717, 1.165) is 17.1 Å². The van der Waals surface area contributed by atoms with Gasteiger partial charge in [-0.2, -0.15) is 8.78 Å². The molecule has 0 aliphatic heterocycles. The maximum Gasteiger partial charge on any atom is 0.387 e. The number of hydrogen-bond acceptors (Lipinski definition) is 5. The molecule has 0 aliphatic rings. The normalized spacial score (nSPS) is 10.4. The van der Waals surface area contributed by atoms with Crippen LogP contribution in [0.4, 0.5) is 26.1 Å². The van der Waals surface area contributed by atoms with Crippen LogP contribution in [0.1, 0.15) is 5.56 Å². The van der Waals surface area contributed by atoms with Gasteiger partial charge in [0.25, 0.3) is 0 Å². The van der Waals surface area contributed by atoms with E-state index in [-0.39, 0.29) is 5.75 Å². The van der Waals surface area contributed by atoms with Crippen molar-refractivity contribution in [2.24, 2.45) is 0 Å². The Hall–Kier alpha value is -2.44. The molecule has 0 amide bonds. The smallest absolute Gasteiger partial charge is 0.387 e. The Kier molecular flexibility index (Phi) is 4.29. The fraction of sp³-hybridized carbons (Fsp3) is 0.231. The Morgan fingerprint density at radius 1 is 1.10 bits per heavy atom. The third-order valence-electron chi connectivity index (χ3n) is 2.66. The lowest BCUT2D eigenvalue weighted by molar-refractivity contribution is -0.0498. The Morgan fingerprint density at radius 2 is 1.75 bits per heavy atom. The molecule has 0 aliphatic carbocycles. The highest BCUT2D eigenvalue weighted by Crippen LogP contribution is 2.24. The second-order valence-electron chi connectivity index (χ2n) is 3.97. The van der Waals surface area contributed by atoms with Crippen molar-refractivity contribution in [1.82, 2.24) is 9.97 Å². The van der Waals surface area contributed by atoms with Crippen LogP contribution in [0.5, 0.6) is 5.75 Å². The molecule has 2 rings (SSSR count). The molecule has 1 heterocycles. The molecule has 2 N–H and O–H groups in total. The van der Waals surface area contributed by atoms with Crippen LogP contribution in [0.25, 0.3) is 0 Å². The lowest BCUT2D eigenvalue weighted by atomic mass is 10.2. The zero-order valence-corrected chi connectivity index (χ0v) is 11.0. The molecule has 0 unspecified atom stereocenters. The molecule has 0 radical (unpaired) electrons. The maximum atomic E-state index is 12.0. The average molecular weight is 280 g/mol. The van der Waals surface area contributed by atoms with Gasteiger partial charge in [0.15, 0.2) is 0 Å². The molecular weight excluding hydrogens is 266 g/mol. The lowest BCUT2D eigenvalue weighted by Crippen LogP contribution is -2.03. The van der Waals surface area contributed by atoms with Crippen molar-refractivity contribution >= 4 is 17.3 Å². The number of anilines is 3. The summed E-state index contributed by atoms with van der Waals surface area (Å²) in [5.74, 6) is 1.48. The van der Waals surface area contributed by atoms with Crippen molar-refractivity contribution in [1.29, 1.82) is 0 Å². The number of hydrogen-bond donors (Lipinski definition) is 2. The van der Waals surface area contributed by atoms with Crippen molar-refractivity contribution in [3.8, 4) is 5.75 Å². The molecule has 2 aromatic rings. The topological polar surface area (TPSA) is 59.1 Å². The number of halogens is 2. The molecule has 1 aromatic carbocycles. The minimum absolute atomic E-state index is 0.112. The van der Waals surface area contributed by atoms with Gasteiger partial charge < -0.3 is 15.4 Å². The minimum Gasteiger partial charge on any atom is -0.435 e. The van der Waals surface area contributed by atoms with Crippen LogP contribution in [0.2, 0.25) is 0 Å². The number of nitrogens with zero attached hydrogens (tertiary/aromatic N) is 2. The van der Waals surface area contributed by atoms with Crippen molar-refractivity contribution in [3.63, 3.8) is 0 Å². The van der Waals surface area contributed by atoms with Gasteiger partial charge in [-0.1, -0.05) is 0 Å². The van der Waals surface area contributed by atoms with E-state index in [1.54, 1.807) is 19.2 Å². The Bertz CT molecular complexity index is 575. The molecule has 0 saturated heterocycles. The Labute approximate surface area is 115 Å². The molecule has 0 saturated carbocycles. The molecule has 106 valence electrons. The van der Waals surface area contributed by atoms with Crippen LogP contribution in [-0.4, -0.2) is 23.6 Å². The summed E-state index contributed by atoms with van der Waals surface area (Å²) in [6.07, 6.45) is 1.44. The Morgan fingerprint density at radius 3 is 2.35 bits per heavy atom. The summed E-state index contributed by atoms with van der Waals surface area (Å²) in [7, 11) is 1.77. The third-order valence-corrected chi connectivity index (χ3v) is 2.66. The molecule has 0 atom stereocenters. The van der Waals surface area contributed by atoms with Gasteiger partial charge in [-0.25, -0.2) is 9.97 Å². The number of rotatable bonds is 5. The first-order valence-corrected chi connectivity index (χ1v) is 5.91. The monoisotopic (exact) mass is 280 g/mol. The summed E-state index contributed by atoms with van der Waals surface area (Å²) in [4.78, 5) is 8.22. The fourth-order valence-corrected chi connectivity index (χ4v) is 1.68. The van der Waals surface area contributed by atoms with Crippen LogP contribution in [0.15, 0.2) is 30.6 Å². The highest BCUT2D eigenvalue weighted by atomic mass is 19.3. The molecule has 5 nitrogen and oxygen atoms in total. The van der Waals surface area contributed by atoms with Gasteiger partial charge in [-0.05, 0) is 31.2 Å². The first-order chi connectivity index (χ1) is 9.60. The van der Waals surface area contributed by atoms with Gasteiger partial charge in [-0.15, -0.1) is 0 Å². The summed E-state index contributed by atoms with van der Waals surface area (Å²) in [6.45, 7) is -0.946. The summed E-state index contributed by atoms with van der Waals surface area (Å²) in [5, 5.41) is 6.05. The molecule has 1 aromatic heterocycles. The SMILES string of the molecule is CNc1ncnc(Nc2ccc(OC(F)F)cc2)c1C. The maximum absolute atomic E-state index is 12.0. The zero-order chi connectivity index (χ0) is 14.5. The van der Waals surface area contributed by atoms with E-state index in [0.29, 0.717) is 5.82 Å². The fourth-order valence-electron chi connectivity index (χ4n) is 1.68. The predicted octanol–water partition coefficient (Wildman–Crippen LogP) is 3.17. The van der Waals surface area contributed by atoms with Crippen molar-refractivity contribution < 1.29 is 13.5 Å². The van der Waals surface area contributed by atoms with Crippen LogP contribution in [0.3, 0.4) is 0 Å². The van der Waals surface area contributed by atoms with E-state index in [1.165, 1.54) is 18.5 Å². The van der Waals surface area contributed by atoms with Gasteiger partial charge in [0, 0.05) is 18.3 Å². The van der Waals surface area contributed by atoms with Gasteiger partial charge >= 0.3 is 6.61 Å². The number of benzene rings is 1. The van der Waals surface area contributed by atoms with Crippen molar-refractivity contribution in [2.75, 3.05) is 17.7 Å². The molecule has 7 heteroatoms. The largest absolute Gasteiger partial charge is 0.435 e. The summed E-state index contributed by atoms with van der Waals surface area (Å²) >= 11 is 0. The number of nitrogens with one attached hydrogen (secondary N) is 2. The van der Waals surface area contributed by atoms with E-state index in [4.69, 9.17) is 0 Å². The molecule has 0 spiro atoms. The predicted molar refractivity (Wildman–Crippen MR) is 72.7 cm³/mol.